The molecule has 0 aliphatic heterocycles. The van der Waals surface area contributed by atoms with Gasteiger partial charge in [-0.1, -0.05) is 211 Å². The molecule has 1 unspecified atom stereocenters. The van der Waals surface area contributed by atoms with Crippen LogP contribution in [-0.4, -0.2) is 37.2 Å². The number of carbonyl (C=O) groups is 3. The Labute approximate surface area is 352 Å². The summed E-state index contributed by atoms with van der Waals surface area (Å²) < 4.78 is 16.7. The van der Waals surface area contributed by atoms with Gasteiger partial charge in [-0.05, 0) is 57.8 Å². The van der Waals surface area contributed by atoms with Gasteiger partial charge in [0.05, 0.1) is 0 Å². The van der Waals surface area contributed by atoms with Crippen LogP contribution in [0.5, 0.6) is 0 Å². The third-order valence-electron chi connectivity index (χ3n) is 10.4. The van der Waals surface area contributed by atoms with Crippen molar-refractivity contribution in [3.63, 3.8) is 0 Å². The number of hydrogen-bond acceptors (Lipinski definition) is 6. The van der Waals surface area contributed by atoms with Gasteiger partial charge in [-0.3, -0.25) is 14.4 Å². The second-order valence-corrected chi connectivity index (χ2v) is 16.1. The Morgan fingerprint density at radius 3 is 1.16 bits per heavy atom. The summed E-state index contributed by atoms with van der Waals surface area (Å²) in [5.41, 5.74) is 0. The fourth-order valence-corrected chi connectivity index (χ4v) is 6.72. The van der Waals surface area contributed by atoms with E-state index in [1.807, 2.05) is 0 Å². The van der Waals surface area contributed by atoms with E-state index in [2.05, 4.69) is 69.4 Å². The Morgan fingerprint density at radius 1 is 0.368 bits per heavy atom. The number of allylic oxidation sites excluding steroid dienone is 8. The molecule has 57 heavy (non-hydrogen) atoms. The van der Waals surface area contributed by atoms with Crippen molar-refractivity contribution >= 4 is 17.9 Å². The van der Waals surface area contributed by atoms with Crippen LogP contribution in [0.1, 0.15) is 239 Å². The van der Waals surface area contributed by atoms with Crippen LogP contribution in [0.3, 0.4) is 0 Å². The lowest BCUT2D eigenvalue weighted by Crippen LogP contribution is -2.30. The zero-order valence-corrected chi connectivity index (χ0v) is 37.6. The topological polar surface area (TPSA) is 78.9 Å². The number of rotatable bonds is 43. The Bertz CT molecular complexity index is 1010. The average molecular weight is 799 g/mol. The molecular formula is C51H90O6. The second-order valence-electron chi connectivity index (χ2n) is 16.1. The fourth-order valence-electron chi connectivity index (χ4n) is 6.72. The van der Waals surface area contributed by atoms with Gasteiger partial charge < -0.3 is 14.2 Å². The van der Waals surface area contributed by atoms with Crippen molar-refractivity contribution in [1.29, 1.82) is 0 Å². The molecule has 0 fully saturated rings. The van der Waals surface area contributed by atoms with E-state index in [-0.39, 0.29) is 31.1 Å². The molecule has 0 saturated heterocycles. The molecule has 0 spiro atoms. The van der Waals surface area contributed by atoms with Crippen molar-refractivity contribution < 1.29 is 28.6 Å². The van der Waals surface area contributed by atoms with Crippen molar-refractivity contribution in [2.24, 2.45) is 0 Å². The van der Waals surface area contributed by atoms with Crippen molar-refractivity contribution in [1.82, 2.24) is 0 Å². The van der Waals surface area contributed by atoms with Gasteiger partial charge >= 0.3 is 17.9 Å². The summed E-state index contributed by atoms with van der Waals surface area (Å²) in [5.74, 6) is -0.897. The molecule has 0 N–H and O–H groups in total. The van der Waals surface area contributed by atoms with Crippen LogP contribution in [0, 0.1) is 0 Å². The van der Waals surface area contributed by atoms with E-state index < -0.39 is 6.10 Å². The van der Waals surface area contributed by atoms with E-state index in [1.165, 1.54) is 122 Å². The summed E-state index contributed by atoms with van der Waals surface area (Å²) in [5, 5.41) is 0. The van der Waals surface area contributed by atoms with Gasteiger partial charge in [0, 0.05) is 19.3 Å². The van der Waals surface area contributed by atoms with Crippen LogP contribution < -0.4 is 0 Å². The minimum Gasteiger partial charge on any atom is -0.462 e. The Kier molecular flexibility index (Phi) is 43.9. The molecule has 6 heteroatoms. The molecule has 0 amide bonds. The SMILES string of the molecule is CC\C=C/C=C\C=C/CCCCCCCCCC(=O)OCC(COC(=O)CCCCCCC/C=C\CCCC)OC(=O)CCCCCCCCCCCCCCC. The maximum atomic E-state index is 12.7. The first kappa shape index (κ1) is 54.4. The molecule has 0 aliphatic rings. The largest absolute Gasteiger partial charge is 0.462 e. The highest BCUT2D eigenvalue weighted by molar-refractivity contribution is 5.71. The van der Waals surface area contributed by atoms with Crippen molar-refractivity contribution in [2.45, 2.75) is 245 Å². The molecule has 330 valence electrons. The summed E-state index contributed by atoms with van der Waals surface area (Å²) in [6.45, 7) is 6.45. The fraction of sp³-hybridized carbons (Fsp3) is 0.784. The summed E-state index contributed by atoms with van der Waals surface area (Å²) >= 11 is 0. The minimum absolute atomic E-state index is 0.0797. The van der Waals surface area contributed by atoms with Crippen LogP contribution in [-0.2, 0) is 28.6 Å². The van der Waals surface area contributed by atoms with E-state index >= 15 is 0 Å². The maximum Gasteiger partial charge on any atom is 0.306 e. The van der Waals surface area contributed by atoms with Crippen LogP contribution in [0.2, 0.25) is 0 Å². The standard InChI is InChI=1S/C51H90O6/c1-4-7-10-13-16-19-22-24-25-27-29-32-35-38-41-44-50(53)56-47-48(46-55-49(52)43-40-37-34-31-28-21-18-15-12-9-6-3)57-51(54)45-42-39-36-33-30-26-23-20-17-14-11-8-5-2/h7,10,13,15-16,18-19,22,48H,4-6,8-9,11-12,14,17,20-21,23-47H2,1-3H3/b10-7-,16-13-,18-15-,22-19-. The monoisotopic (exact) mass is 799 g/mol. The van der Waals surface area contributed by atoms with Gasteiger partial charge in [-0.2, -0.15) is 0 Å². The van der Waals surface area contributed by atoms with E-state index in [4.69, 9.17) is 14.2 Å². The molecule has 0 aromatic rings. The van der Waals surface area contributed by atoms with E-state index in [0.29, 0.717) is 19.3 Å². The van der Waals surface area contributed by atoms with Gasteiger partial charge in [0.15, 0.2) is 6.10 Å². The lowest BCUT2D eigenvalue weighted by atomic mass is 10.0. The molecule has 0 saturated carbocycles. The molecule has 0 heterocycles. The van der Waals surface area contributed by atoms with Gasteiger partial charge in [-0.25, -0.2) is 0 Å². The quantitative estimate of drug-likeness (QED) is 0.0201. The first-order chi connectivity index (χ1) is 28.0. The van der Waals surface area contributed by atoms with E-state index in [9.17, 15) is 14.4 Å². The molecule has 0 rings (SSSR count). The van der Waals surface area contributed by atoms with Crippen molar-refractivity contribution in [3.8, 4) is 0 Å². The van der Waals surface area contributed by atoms with Gasteiger partial charge in [-0.15, -0.1) is 0 Å². The zero-order chi connectivity index (χ0) is 41.5. The van der Waals surface area contributed by atoms with Crippen LogP contribution in [0.4, 0.5) is 0 Å². The third kappa shape index (κ3) is 44.3. The number of ether oxygens (including phenoxy) is 3. The summed E-state index contributed by atoms with van der Waals surface area (Å²) in [6.07, 6.45) is 53.7. The molecule has 1 atom stereocenters. The van der Waals surface area contributed by atoms with Gasteiger partial charge in [0.1, 0.15) is 13.2 Å². The van der Waals surface area contributed by atoms with Crippen molar-refractivity contribution in [3.05, 3.63) is 48.6 Å². The third-order valence-corrected chi connectivity index (χ3v) is 10.4. The van der Waals surface area contributed by atoms with E-state index in [0.717, 1.165) is 77.0 Å². The normalized spacial score (nSPS) is 12.4. The Hall–Kier alpha value is -2.63. The zero-order valence-electron chi connectivity index (χ0n) is 37.6. The second kappa shape index (κ2) is 46.1. The summed E-state index contributed by atoms with van der Waals surface area (Å²) in [7, 11) is 0. The van der Waals surface area contributed by atoms with Gasteiger partial charge in [0.25, 0.3) is 0 Å². The predicted molar refractivity (Wildman–Crippen MR) is 242 cm³/mol. The Balaban J connectivity index is 4.38. The molecule has 0 radical (unpaired) electrons. The molecule has 0 aromatic carbocycles. The smallest absolute Gasteiger partial charge is 0.306 e. The average Bonchev–Trinajstić information content (AvgIpc) is 3.21. The number of unbranched alkanes of at least 4 members (excludes halogenated alkanes) is 26. The lowest BCUT2D eigenvalue weighted by Gasteiger charge is -2.18. The minimum atomic E-state index is -0.776. The van der Waals surface area contributed by atoms with Crippen LogP contribution in [0.15, 0.2) is 48.6 Å². The van der Waals surface area contributed by atoms with E-state index in [1.54, 1.807) is 0 Å². The Morgan fingerprint density at radius 2 is 0.719 bits per heavy atom. The summed E-state index contributed by atoms with van der Waals surface area (Å²) in [4.78, 5) is 37.8. The molecule has 6 nitrogen and oxygen atoms in total. The first-order valence-electron chi connectivity index (χ1n) is 24.2. The molecule has 0 bridgehead atoms. The highest BCUT2D eigenvalue weighted by atomic mass is 16.6. The lowest BCUT2D eigenvalue weighted by molar-refractivity contribution is -0.167. The van der Waals surface area contributed by atoms with Crippen LogP contribution in [0.25, 0.3) is 0 Å². The number of hydrogen-bond donors (Lipinski definition) is 0. The first-order valence-corrected chi connectivity index (χ1v) is 24.2. The van der Waals surface area contributed by atoms with Crippen LogP contribution >= 0.6 is 0 Å². The molecule has 0 aromatic heterocycles. The summed E-state index contributed by atoms with van der Waals surface area (Å²) in [6, 6.07) is 0. The highest BCUT2D eigenvalue weighted by Crippen LogP contribution is 2.15. The van der Waals surface area contributed by atoms with Crippen molar-refractivity contribution in [2.75, 3.05) is 13.2 Å². The predicted octanol–water partition coefficient (Wildman–Crippen LogP) is 15.5. The number of carbonyl (C=O) groups excluding carboxylic acids is 3. The number of esters is 3. The highest BCUT2D eigenvalue weighted by Gasteiger charge is 2.19. The maximum absolute atomic E-state index is 12.7. The van der Waals surface area contributed by atoms with Gasteiger partial charge in [0.2, 0.25) is 0 Å². The molecular weight excluding hydrogens is 709 g/mol. The molecule has 0 aliphatic carbocycles.